The maximum atomic E-state index is 12.0. The Morgan fingerprint density at radius 2 is 2.26 bits per heavy atom. The standard InChI is InChI=1S/C14H18N4O/c1-4-12-10(2)14(18(3)17-12)16-13(19)8-11-6-5-7-15-9-11/h5-7,9H,4,8H2,1-3H3,(H,16,19). The molecule has 0 aromatic carbocycles. The molecule has 19 heavy (non-hydrogen) atoms. The molecule has 0 saturated carbocycles. The molecule has 1 amide bonds. The highest BCUT2D eigenvalue weighted by atomic mass is 16.1. The minimum Gasteiger partial charge on any atom is -0.310 e. The smallest absolute Gasteiger partial charge is 0.230 e. The van der Waals surface area contributed by atoms with Crippen molar-refractivity contribution in [2.45, 2.75) is 26.7 Å². The predicted molar refractivity (Wildman–Crippen MR) is 73.9 cm³/mol. The third kappa shape index (κ3) is 2.99. The molecule has 5 nitrogen and oxygen atoms in total. The fraction of sp³-hybridized carbons (Fsp3) is 0.357. The molecule has 0 aliphatic rings. The number of aryl methyl sites for hydroxylation is 2. The van der Waals surface area contributed by atoms with E-state index < -0.39 is 0 Å². The monoisotopic (exact) mass is 258 g/mol. The van der Waals surface area contributed by atoms with Gasteiger partial charge in [0.2, 0.25) is 5.91 Å². The predicted octanol–water partition coefficient (Wildman–Crippen LogP) is 1.87. The van der Waals surface area contributed by atoms with Crippen LogP contribution < -0.4 is 5.32 Å². The fourth-order valence-electron chi connectivity index (χ4n) is 2.06. The van der Waals surface area contributed by atoms with Crippen LogP contribution in [0.2, 0.25) is 0 Å². The molecule has 2 heterocycles. The number of anilines is 1. The van der Waals surface area contributed by atoms with E-state index in [0.29, 0.717) is 6.42 Å². The van der Waals surface area contributed by atoms with Gasteiger partial charge < -0.3 is 5.32 Å². The molecule has 1 N–H and O–H groups in total. The van der Waals surface area contributed by atoms with Crippen molar-refractivity contribution < 1.29 is 4.79 Å². The van der Waals surface area contributed by atoms with Crippen LogP contribution in [0, 0.1) is 6.92 Å². The van der Waals surface area contributed by atoms with Gasteiger partial charge in [-0.2, -0.15) is 5.10 Å². The average molecular weight is 258 g/mol. The van der Waals surface area contributed by atoms with Gasteiger partial charge in [-0.25, -0.2) is 0 Å². The van der Waals surface area contributed by atoms with Crippen molar-refractivity contribution >= 4 is 11.7 Å². The second-order valence-electron chi connectivity index (χ2n) is 4.48. The quantitative estimate of drug-likeness (QED) is 0.910. The number of nitrogens with zero attached hydrogens (tertiary/aromatic N) is 3. The zero-order valence-corrected chi connectivity index (χ0v) is 11.5. The van der Waals surface area contributed by atoms with E-state index in [0.717, 1.165) is 29.1 Å². The number of carbonyl (C=O) groups excluding carboxylic acids is 1. The van der Waals surface area contributed by atoms with Crippen molar-refractivity contribution in [3.63, 3.8) is 0 Å². The second-order valence-corrected chi connectivity index (χ2v) is 4.48. The maximum Gasteiger partial charge on any atom is 0.230 e. The van der Waals surface area contributed by atoms with E-state index in [1.165, 1.54) is 0 Å². The summed E-state index contributed by atoms with van der Waals surface area (Å²) in [6.45, 7) is 4.03. The van der Waals surface area contributed by atoms with Crippen LogP contribution in [-0.4, -0.2) is 20.7 Å². The SMILES string of the molecule is CCc1nn(C)c(NC(=O)Cc2cccnc2)c1C. The summed E-state index contributed by atoms with van der Waals surface area (Å²) in [6, 6.07) is 3.72. The van der Waals surface area contributed by atoms with E-state index in [1.807, 2.05) is 26.1 Å². The summed E-state index contributed by atoms with van der Waals surface area (Å²) in [5.74, 6) is 0.715. The van der Waals surface area contributed by atoms with Gasteiger partial charge in [-0.3, -0.25) is 14.5 Å². The molecule has 0 saturated heterocycles. The van der Waals surface area contributed by atoms with Crippen molar-refractivity contribution in [2.75, 3.05) is 5.32 Å². The van der Waals surface area contributed by atoms with Crippen molar-refractivity contribution in [1.82, 2.24) is 14.8 Å². The average Bonchev–Trinajstić information content (AvgIpc) is 2.67. The van der Waals surface area contributed by atoms with Gasteiger partial charge in [0.15, 0.2) is 0 Å². The molecule has 100 valence electrons. The molecule has 0 fully saturated rings. The first-order valence-electron chi connectivity index (χ1n) is 6.33. The Morgan fingerprint density at radius 1 is 1.47 bits per heavy atom. The summed E-state index contributed by atoms with van der Waals surface area (Å²) in [7, 11) is 1.84. The molecule has 2 aromatic rings. The molecule has 5 heteroatoms. The number of pyridine rings is 1. The summed E-state index contributed by atoms with van der Waals surface area (Å²) in [4.78, 5) is 16.0. The molecule has 0 aliphatic carbocycles. The zero-order chi connectivity index (χ0) is 13.8. The number of aromatic nitrogens is 3. The van der Waals surface area contributed by atoms with E-state index in [2.05, 4.69) is 22.3 Å². The van der Waals surface area contributed by atoms with E-state index in [9.17, 15) is 4.79 Å². The number of amides is 1. The largest absolute Gasteiger partial charge is 0.310 e. The Bertz CT molecular complexity index is 575. The highest BCUT2D eigenvalue weighted by Gasteiger charge is 2.13. The van der Waals surface area contributed by atoms with Gasteiger partial charge in [0.1, 0.15) is 5.82 Å². The minimum absolute atomic E-state index is 0.0539. The first kappa shape index (κ1) is 13.3. The topological polar surface area (TPSA) is 59.8 Å². The molecular formula is C14H18N4O. The van der Waals surface area contributed by atoms with E-state index in [1.54, 1.807) is 17.1 Å². The van der Waals surface area contributed by atoms with Crippen LogP contribution in [0.15, 0.2) is 24.5 Å². The normalized spacial score (nSPS) is 10.5. The Balaban J connectivity index is 2.09. The number of carbonyl (C=O) groups is 1. The Labute approximate surface area is 112 Å². The van der Waals surface area contributed by atoms with Crippen molar-refractivity contribution in [3.05, 3.63) is 41.3 Å². The van der Waals surface area contributed by atoms with Crippen LogP contribution in [0.5, 0.6) is 0 Å². The van der Waals surface area contributed by atoms with Crippen LogP contribution in [0.25, 0.3) is 0 Å². The van der Waals surface area contributed by atoms with Gasteiger partial charge in [0.25, 0.3) is 0 Å². The van der Waals surface area contributed by atoms with Crippen LogP contribution >= 0.6 is 0 Å². The van der Waals surface area contributed by atoms with Gasteiger partial charge in [-0.05, 0) is 25.0 Å². The molecule has 2 rings (SSSR count). The molecule has 0 bridgehead atoms. The number of rotatable bonds is 4. The van der Waals surface area contributed by atoms with Crippen LogP contribution in [-0.2, 0) is 24.7 Å². The molecule has 0 spiro atoms. The molecule has 0 radical (unpaired) electrons. The van der Waals surface area contributed by atoms with Crippen LogP contribution in [0.3, 0.4) is 0 Å². The first-order valence-corrected chi connectivity index (χ1v) is 6.33. The van der Waals surface area contributed by atoms with Crippen molar-refractivity contribution in [3.8, 4) is 0 Å². The lowest BCUT2D eigenvalue weighted by Gasteiger charge is -2.06. The highest BCUT2D eigenvalue weighted by molar-refractivity contribution is 5.92. The van der Waals surface area contributed by atoms with Gasteiger partial charge >= 0.3 is 0 Å². The fourth-order valence-corrected chi connectivity index (χ4v) is 2.06. The van der Waals surface area contributed by atoms with E-state index >= 15 is 0 Å². The first-order chi connectivity index (χ1) is 9.11. The Hall–Kier alpha value is -2.17. The van der Waals surface area contributed by atoms with Crippen molar-refractivity contribution in [2.24, 2.45) is 7.05 Å². The number of nitrogens with one attached hydrogen (secondary N) is 1. The van der Waals surface area contributed by atoms with Gasteiger partial charge in [-0.15, -0.1) is 0 Å². The lowest BCUT2D eigenvalue weighted by atomic mass is 10.2. The van der Waals surface area contributed by atoms with E-state index in [-0.39, 0.29) is 5.91 Å². The molecule has 0 atom stereocenters. The number of hydrogen-bond acceptors (Lipinski definition) is 3. The number of hydrogen-bond donors (Lipinski definition) is 1. The van der Waals surface area contributed by atoms with Gasteiger partial charge in [0.05, 0.1) is 12.1 Å². The van der Waals surface area contributed by atoms with E-state index in [4.69, 9.17) is 0 Å². The summed E-state index contributed by atoms with van der Waals surface area (Å²) >= 11 is 0. The maximum absolute atomic E-state index is 12.0. The van der Waals surface area contributed by atoms with Crippen molar-refractivity contribution in [1.29, 1.82) is 0 Å². The summed E-state index contributed by atoms with van der Waals surface area (Å²) in [5.41, 5.74) is 2.94. The highest BCUT2D eigenvalue weighted by Crippen LogP contribution is 2.18. The van der Waals surface area contributed by atoms with Crippen LogP contribution in [0.4, 0.5) is 5.82 Å². The summed E-state index contributed by atoms with van der Waals surface area (Å²) in [5, 5.41) is 7.29. The molecule has 0 aliphatic heterocycles. The molecule has 0 unspecified atom stereocenters. The Kier molecular flexibility index (Phi) is 3.94. The lowest BCUT2D eigenvalue weighted by Crippen LogP contribution is -2.17. The van der Waals surface area contributed by atoms with Gasteiger partial charge in [0, 0.05) is 25.0 Å². The Morgan fingerprint density at radius 3 is 2.84 bits per heavy atom. The molecular weight excluding hydrogens is 240 g/mol. The lowest BCUT2D eigenvalue weighted by molar-refractivity contribution is -0.115. The third-order valence-corrected chi connectivity index (χ3v) is 3.06. The summed E-state index contributed by atoms with van der Waals surface area (Å²) < 4.78 is 1.72. The van der Waals surface area contributed by atoms with Crippen LogP contribution in [0.1, 0.15) is 23.7 Å². The zero-order valence-electron chi connectivity index (χ0n) is 11.5. The minimum atomic E-state index is -0.0539. The second kappa shape index (κ2) is 5.65. The third-order valence-electron chi connectivity index (χ3n) is 3.06. The van der Waals surface area contributed by atoms with Gasteiger partial charge in [-0.1, -0.05) is 13.0 Å². The molecule has 2 aromatic heterocycles. The summed E-state index contributed by atoms with van der Waals surface area (Å²) in [6.07, 6.45) is 4.57.